The molecule has 0 atom stereocenters. The number of benzene rings is 2. The van der Waals surface area contributed by atoms with Crippen molar-refractivity contribution < 1.29 is 9.66 Å². The van der Waals surface area contributed by atoms with Crippen LogP contribution in [0.25, 0.3) is 16.9 Å². The first kappa shape index (κ1) is 17.4. The summed E-state index contributed by atoms with van der Waals surface area (Å²) in [6.45, 7) is 0. The number of aromatic nitrogens is 2. The van der Waals surface area contributed by atoms with Crippen LogP contribution in [-0.4, -0.2) is 27.6 Å². The lowest BCUT2D eigenvalue weighted by molar-refractivity contribution is -0.384. The number of nitro benzene ring substituents is 1. The van der Waals surface area contributed by atoms with Crippen LogP contribution in [-0.2, 0) is 0 Å². The van der Waals surface area contributed by atoms with Crippen LogP contribution in [0.2, 0.25) is 0 Å². The number of ether oxygens (including phenoxy) is 1. The summed E-state index contributed by atoms with van der Waals surface area (Å²) in [7, 11) is 1.62. The summed E-state index contributed by atoms with van der Waals surface area (Å²) in [6, 6.07) is 19.6. The van der Waals surface area contributed by atoms with Crippen molar-refractivity contribution in [3.05, 3.63) is 88.6 Å². The second-order valence-electron chi connectivity index (χ2n) is 6.05. The molecule has 0 saturated heterocycles. The quantitative estimate of drug-likeness (QED) is 0.290. The van der Waals surface area contributed by atoms with Gasteiger partial charge in [0.25, 0.3) is 5.69 Å². The van der Waals surface area contributed by atoms with Crippen molar-refractivity contribution in [3.8, 4) is 17.0 Å². The van der Waals surface area contributed by atoms with Crippen LogP contribution in [0.1, 0.15) is 5.56 Å². The lowest BCUT2D eigenvalue weighted by atomic mass is 10.1. The molecule has 0 N–H and O–H groups in total. The Balaban J connectivity index is 1.77. The van der Waals surface area contributed by atoms with Gasteiger partial charge in [-0.05, 0) is 54.1 Å². The highest BCUT2D eigenvalue weighted by Crippen LogP contribution is 2.32. The second kappa shape index (κ2) is 7.32. The predicted octanol–water partition coefficient (Wildman–Crippen LogP) is 4.67. The third kappa shape index (κ3) is 3.33. The number of hydrogen-bond donors (Lipinski definition) is 0. The van der Waals surface area contributed by atoms with Gasteiger partial charge in [0, 0.05) is 30.1 Å². The first-order valence-electron chi connectivity index (χ1n) is 8.56. The Morgan fingerprint density at radius 3 is 2.50 bits per heavy atom. The number of rotatable bonds is 5. The minimum Gasteiger partial charge on any atom is -0.497 e. The van der Waals surface area contributed by atoms with Crippen LogP contribution < -0.4 is 4.74 Å². The van der Waals surface area contributed by atoms with Crippen molar-refractivity contribution in [2.45, 2.75) is 0 Å². The molecule has 0 saturated carbocycles. The Morgan fingerprint density at radius 1 is 1.07 bits per heavy atom. The van der Waals surface area contributed by atoms with E-state index in [4.69, 9.17) is 9.72 Å². The highest BCUT2D eigenvalue weighted by molar-refractivity contribution is 5.85. The summed E-state index contributed by atoms with van der Waals surface area (Å²) >= 11 is 0. The van der Waals surface area contributed by atoms with Gasteiger partial charge in [0.1, 0.15) is 17.1 Å². The number of imidazole rings is 1. The summed E-state index contributed by atoms with van der Waals surface area (Å²) in [5, 5.41) is 10.8. The van der Waals surface area contributed by atoms with Crippen LogP contribution >= 0.6 is 0 Å². The van der Waals surface area contributed by atoms with E-state index in [1.807, 2.05) is 53.1 Å². The number of pyridine rings is 1. The summed E-state index contributed by atoms with van der Waals surface area (Å²) in [5.74, 6) is 1.45. The minimum atomic E-state index is -0.423. The lowest BCUT2D eigenvalue weighted by Gasteiger charge is -2.03. The van der Waals surface area contributed by atoms with Crippen LogP contribution in [0.3, 0.4) is 0 Å². The number of methoxy groups -OCH3 is 1. The van der Waals surface area contributed by atoms with Gasteiger partial charge in [-0.15, -0.1) is 0 Å². The van der Waals surface area contributed by atoms with Crippen molar-refractivity contribution in [1.82, 2.24) is 9.38 Å². The molecule has 7 heteroatoms. The van der Waals surface area contributed by atoms with E-state index < -0.39 is 4.92 Å². The molecular weight excluding hydrogens is 356 g/mol. The molecule has 0 unspecified atom stereocenters. The molecule has 0 aliphatic rings. The molecule has 0 radical (unpaired) electrons. The van der Waals surface area contributed by atoms with Gasteiger partial charge in [0.2, 0.25) is 0 Å². The molecule has 2 aromatic heterocycles. The molecule has 0 spiro atoms. The number of fused-ring (bicyclic) bond motifs is 1. The van der Waals surface area contributed by atoms with Crippen molar-refractivity contribution in [2.75, 3.05) is 7.11 Å². The largest absolute Gasteiger partial charge is 0.497 e. The van der Waals surface area contributed by atoms with E-state index in [0.29, 0.717) is 5.82 Å². The number of nitro groups is 1. The second-order valence-corrected chi connectivity index (χ2v) is 6.05. The Kier molecular flexibility index (Phi) is 4.55. The van der Waals surface area contributed by atoms with Crippen molar-refractivity contribution in [2.24, 2.45) is 4.99 Å². The van der Waals surface area contributed by atoms with Gasteiger partial charge in [-0.2, -0.15) is 0 Å². The number of hydrogen-bond acceptors (Lipinski definition) is 5. The first-order valence-corrected chi connectivity index (χ1v) is 8.56. The molecule has 0 fully saturated rings. The van der Waals surface area contributed by atoms with Crippen molar-refractivity contribution >= 4 is 23.4 Å². The van der Waals surface area contributed by atoms with E-state index in [0.717, 1.165) is 28.2 Å². The molecule has 2 heterocycles. The molecule has 0 aliphatic heterocycles. The predicted molar refractivity (Wildman–Crippen MR) is 108 cm³/mol. The molecular formula is C21H16N4O3. The summed E-state index contributed by atoms with van der Waals surface area (Å²) in [6.07, 6.45) is 3.57. The highest BCUT2D eigenvalue weighted by atomic mass is 16.6. The molecule has 4 aromatic rings. The molecule has 2 aromatic carbocycles. The average molecular weight is 372 g/mol. The zero-order valence-electron chi connectivity index (χ0n) is 15.0. The van der Waals surface area contributed by atoms with Gasteiger partial charge in [-0.3, -0.25) is 14.5 Å². The van der Waals surface area contributed by atoms with E-state index in [-0.39, 0.29) is 5.69 Å². The maximum atomic E-state index is 10.8. The zero-order valence-corrected chi connectivity index (χ0v) is 15.0. The maximum Gasteiger partial charge on any atom is 0.269 e. The fraction of sp³-hybridized carbons (Fsp3) is 0.0476. The zero-order chi connectivity index (χ0) is 19.5. The first-order chi connectivity index (χ1) is 13.7. The summed E-state index contributed by atoms with van der Waals surface area (Å²) in [4.78, 5) is 19.7. The SMILES string of the molecule is COc1ccc(-c2nc3ccccn3c2N=Cc2ccc([N+](=O)[O-])cc2)cc1. The van der Waals surface area contributed by atoms with E-state index in [9.17, 15) is 10.1 Å². The lowest BCUT2D eigenvalue weighted by Crippen LogP contribution is -1.89. The minimum absolute atomic E-state index is 0.0471. The molecule has 7 nitrogen and oxygen atoms in total. The fourth-order valence-electron chi connectivity index (χ4n) is 2.87. The van der Waals surface area contributed by atoms with Gasteiger partial charge < -0.3 is 4.74 Å². The van der Waals surface area contributed by atoms with Crippen LogP contribution in [0.4, 0.5) is 11.5 Å². The number of nitrogens with zero attached hydrogens (tertiary/aromatic N) is 4. The standard InChI is InChI=1S/C21H16N4O3/c1-28-18-11-7-16(8-12-18)20-21(24-13-3-2-4-19(24)23-20)22-14-15-5-9-17(10-6-15)25(26)27/h2-14H,1H3. The van der Waals surface area contributed by atoms with Crippen LogP contribution in [0.15, 0.2) is 77.9 Å². The maximum absolute atomic E-state index is 10.8. The normalized spacial score (nSPS) is 11.2. The van der Waals surface area contributed by atoms with E-state index in [1.165, 1.54) is 12.1 Å². The summed E-state index contributed by atoms with van der Waals surface area (Å²) < 4.78 is 7.13. The molecule has 0 amide bonds. The Hall–Kier alpha value is -4.00. The molecule has 138 valence electrons. The molecule has 28 heavy (non-hydrogen) atoms. The van der Waals surface area contributed by atoms with Crippen LogP contribution in [0, 0.1) is 10.1 Å². The Labute approximate surface area is 160 Å². The topological polar surface area (TPSA) is 82.0 Å². The highest BCUT2D eigenvalue weighted by Gasteiger charge is 2.13. The van der Waals surface area contributed by atoms with Gasteiger partial charge >= 0.3 is 0 Å². The molecule has 4 rings (SSSR count). The van der Waals surface area contributed by atoms with Gasteiger partial charge in [-0.25, -0.2) is 9.98 Å². The third-order valence-corrected chi connectivity index (χ3v) is 4.31. The number of non-ortho nitro benzene ring substituents is 1. The van der Waals surface area contributed by atoms with E-state index >= 15 is 0 Å². The summed E-state index contributed by atoms with van der Waals surface area (Å²) in [5.41, 5.74) is 3.25. The smallest absolute Gasteiger partial charge is 0.269 e. The van der Waals surface area contributed by atoms with Crippen molar-refractivity contribution in [1.29, 1.82) is 0 Å². The average Bonchev–Trinajstić information content (AvgIpc) is 3.11. The van der Waals surface area contributed by atoms with E-state index in [2.05, 4.69) is 4.99 Å². The third-order valence-electron chi connectivity index (χ3n) is 4.31. The molecule has 0 aliphatic carbocycles. The monoisotopic (exact) mass is 372 g/mol. The fourth-order valence-corrected chi connectivity index (χ4v) is 2.87. The number of aliphatic imine (C=N–C) groups is 1. The van der Waals surface area contributed by atoms with Gasteiger partial charge in [0.05, 0.1) is 12.0 Å². The van der Waals surface area contributed by atoms with Crippen LogP contribution in [0.5, 0.6) is 5.75 Å². The van der Waals surface area contributed by atoms with E-state index in [1.54, 1.807) is 25.5 Å². The van der Waals surface area contributed by atoms with Gasteiger partial charge in [0.15, 0.2) is 5.82 Å². The Bertz CT molecular complexity index is 1160. The van der Waals surface area contributed by atoms with Gasteiger partial charge in [-0.1, -0.05) is 6.07 Å². The van der Waals surface area contributed by atoms with Crippen molar-refractivity contribution in [3.63, 3.8) is 0 Å². The molecule has 0 bridgehead atoms. The Morgan fingerprint density at radius 2 is 1.82 bits per heavy atom.